The molecule has 0 bridgehead atoms. The third-order valence-electron chi connectivity index (χ3n) is 5.05. The minimum atomic E-state index is -3.57. The Kier molecular flexibility index (Phi) is 6.70. The number of methoxy groups -OCH3 is 1. The van der Waals surface area contributed by atoms with Crippen molar-refractivity contribution in [3.8, 4) is 5.75 Å². The second kappa shape index (κ2) is 9.49. The SMILES string of the molecule is COc1ccc2nc(S[C@H](C)C(=O)Nc3ccc(S(=O)(=O)N4CCOCC4)cc3)[nH]c2c1. The molecule has 9 nitrogen and oxygen atoms in total. The number of morpholine rings is 1. The molecule has 1 atom stereocenters. The fraction of sp³-hybridized carbons (Fsp3) is 0.333. The third kappa shape index (κ3) is 4.90. The minimum absolute atomic E-state index is 0.192. The zero-order valence-corrected chi connectivity index (χ0v) is 19.3. The first kappa shape index (κ1) is 22.6. The number of thioether (sulfide) groups is 1. The Morgan fingerprint density at radius 2 is 1.94 bits per heavy atom. The Hall–Kier alpha value is -2.60. The highest BCUT2D eigenvalue weighted by Crippen LogP contribution is 2.27. The molecule has 2 N–H and O–H groups in total. The van der Waals surface area contributed by atoms with Gasteiger partial charge in [0.25, 0.3) is 0 Å². The largest absolute Gasteiger partial charge is 0.497 e. The van der Waals surface area contributed by atoms with E-state index in [-0.39, 0.29) is 10.8 Å². The van der Waals surface area contributed by atoms with Gasteiger partial charge in [0.2, 0.25) is 15.9 Å². The van der Waals surface area contributed by atoms with Gasteiger partial charge in [-0.2, -0.15) is 4.31 Å². The highest BCUT2D eigenvalue weighted by molar-refractivity contribution is 8.00. The van der Waals surface area contributed by atoms with Gasteiger partial charge in [-0.05, 0) is 43.3 Å². The monoisotopic (exact) mass is 476 g/mol. The molecule has 170 valence electrons. The van der Waals surface area contributed by atoms with Gasteiger partial charge >= 0.3 is 0 Å². The van der Waals surface area contributed by atoms with Crippen LogP contribution in [0.3, 0.4) is 0 Å². The number of carbonyl (C=O) groups is 1. The van der Waals surface area contributed by atoms with Gasteiger partial charge in [-0.25, -0.2) is 13.4 Å². The first-order chi connectivity index (χ1) is 15.4. The summed E-state index contributed by atoms with van der Waals surface area (Å²) in [6.45, 7) is 3.24. The van der Waals surface area contributed by atoms with E-state index < -0.39 is 15.3 Å². The highest BCUT2D eigenvalue weighted by atomic mass is 32.2. The third-order valence-corrected chi connectivity index (χ3v) is 7.95. The number of hydrogen-bond acceptors (Lipinski definition) is 7. The molecule has 2 heterocycles. The summed E-state index contributed by atoms with van der Waals surface area (Å²) in [6.07, 6.45) is 0. The van der Waals surface area contributed by atoms with Crippen LogP contribution >= 0.6 is 11.8 Å². The van der Waals surface area contributed by atoms with Gasteiger partial charge in [0.15, 0.2) is 5.16 Å². The summed E-state index contributed by atoms with van der Waals surface area (Å²) in [7, 11) is -1.97. The number of amides is 1. The quantitative estimate of drug-likeness (QED) is 0.504. The number of imidazole rings is 1. The van der Waals surface area contributed by atoms with Gasteiger partial charge in [-0.1, -0.05) is 11.8 Å². The van der Waals surface area contributed by atoms with Crippen molar-refractivity contribution >= 4 is 44.4 Å². The first-order valence-electron chi connectivity index (χ1n) is 10.1. The lowest BCUT2D eigenvalue weighted by Gasteiger charge is -2.26. The number of anilines is 1. The van der Waals surface area contributed by atoms with Crippen LogP contribution in [0.5, 0.6) is 5.75 Å². The maximum absolute atomic E-state index is 12.7. The van der Waals surface area contributed by atoms with Gasteiger partial charge < -0.3 is 19.8 Å². The Labute approximate surface area is 190 Å². The van der Waals surface area contributed by atoms with Gasteiger partial charge in [0.05, 0.1) is 41.5 Å². The molecule has 1 fully saturated rings. The van der Waals surface area contributed by atoms with Crippen LogP contribution in [-0.2, 0) is 19.6 Å². The van der Waals surface area contributed by atoms with Crippen LogP contribution in [-0.4, -0.2) is 67.3 Å². The predicted octanol–water partition coefficient (Wildman–Crippen LogP) is 2.71. The van der Waals surface area contributed by atoms with Crippen molar-refractivity contribution in [2.75, 3.05) is 38.7 Å². The van der Waals surface area contributed by atoms with Crippen LogP contribution in [0.1, 0.15) is 6.92 Å². The van der Waals surface area contributed by atoms with Crippen LogP contribution < -0.4 is 10.1 Å². The molecular weight excluding hydrogens is 452 g/mol. The number of nitrogens with zero attached hydrogens (tertiary/aromatic N) is 2. The van der Waals surface area contributed by atoms with Crippen LogP contribution in [0.15, 0.2) is 52.5 Å². The zero-order valence-electron chi connectivity index (χ0n) is 17.7. The zero-order chi connectivity index (χ0) is 22.7. The number of sulfonamides is 1. The van der Waals surface area contributed by atoms with Gasteiger partial charge in [0.1, 0.15) is 5.75 Å². The van der Waals surface area contributed by atoms with Gasteiger partial charge in [0, 0.05) is 24.8 Å². The van der Waals surface area contributed by atoms with Crippen LogP contribution in [0.2, 0.25) is 0 Å². The molecular formula is C21H24N4O5S2. The van der Waals surface area contributed by atoms with E-state index in [2.05, 4.69) is 15.3 Å². The van der Waals surface area contributed by atoms with Crippen molar-refractivity contribution in [1.82, 2.24) is 14.3 Å². The van der Waals surface area contributed by atoms with E-state index >= 15 is 0 Å². The van der Waals surface area contributed by atoms with E-state index in [0.717, 1.165) is 16.8 Å². The number of ether oxygens (including phenoxy) is 2. The maximum Gasteiger partial charge on any atom is 0.243 e. The molecule has 0 radical (unpaired) electrons. The van der Waals surface area contributed by atoms with Crippen LogP contribution in [0, 0.1) is 0 Å². The number of fused-ring (bicyclic) bond motifs is 1. The van der Waals surface area contributed by atoms with Crippen molar-refractivity contribution in [2.45, 2.75) is 22.2 Å². The standard InChI is InChI=1S/C21H24N4O5S2/c1-14(31-21-23-18-8-5-16(29-2)13-19(18)24-21)20(26)22-15-3-6-17(7-4-15)32(27,28)25-9-11-30-12-10-25/h3-8,13-14H,9-12H2,1-2H3,(H,22,26)(H,23,24)/t14-/m1/s1. The number of aromatic nitrogens is 2. The molecule has 2 aromatic carbocycles. The Morgan fingerprint density at radius 3 is 2.62 bits per heavy atom. The Balaban J connectivity index is 1.39. The molecule has 1 aliphatic rings. The number of hydrogen-bond donors (Lipinski definition) is 2. The summed E-state index contributed by atoms with van der Waals surface area (Å²) in [5.74, 6) is 0.513. The lowest BCUT2D eigenvalue weighted by Crippen LogP contribution is -2.40. The van der Waals surface area contributed by atoms with E-state index in [1.807, 2.05) is 18.2 Å². The maximum atomic E-state index is 12.7. The van der Waals surface area contributed by atoms with Crippen molar-refractivity contribution in [2.24, 2.45) is 0 Å². The number of nitrogens with one attached hydrogen (secondary N) is 2. The lowest BCUT2D eigenvalue weighted by atomic mass is 10.3. The van der Waals surface area contributed by atoms with Crippen LogP contribution in [0.4, 0.5) is 5.69 Å². The van der Waals surface area contributed by atoms with E-state index in [1.165, 1.54) is 28.2 Å². The van der Waals surface area contributed by atoms with E-state index in [9.17, 15) is 13.2 Å². The average Bonchev–Trinajstić information content (AvgIpc) is 3.21. The smallest absolute Gasteiger partial charge is 0.243 e. The minimum Gasteiger partial charge on any atom is -0.497 e. The number of H-pyrrole nitrogens is 1. The number of aromatic amines is 1. The summed E-state index contributed by atoms with van der Waals surface area (Å²) in [4.78, 5) is 20.5. The molecule has 3 aromatic rings. The molecule has 1 saturated heterocycles. The van der Waals surface area contributed by atoms with Gasteiger partial charge in [-0.15, -0.1) is 0 Å². The lowest BCUT2D eigenvalue weighted by molar-refractivity contribution is -0.115. The number of rotatable bonds is 7. The van der Waals surface area contributed by atoms with Crippen LogP contribution in [0.25, 0.3) is 11.0 Å². The molecule has 0 unspecified atom stereocenters. The van der Waals surface area contributed by atoms with Crippen molar-refractivity contribution in [3.05, 3.63) is 42.5 Å². The average molecular weight is 477 g/mol. The van der Waals surface area contributed by atoms with E-state index in [4.69, 9.17) is 9.47 Å². The second-order valence-corrected chi connectivity index (χ2v) is 10.5. The molecule has 4 rings (SSSR count). The van der Waals surface area contributed by atoms with Crippen molar-refractivity contribution in [3.63, 3.8) is 0 Å². The summed E-state index contributed by atoms with van der Waals surface area (Å²) < 4.78 is 37.3. The summed E-state index contributed by atoms with van der Waals surface area (Å²) in [5, 5.41) is 3.03. The van der Waals surface area contributed by atoms with Crippen molar-refractivity contribution in [1.29, 1.82) is 0 Å². The molecule has 11 heteroatoms. The number of carbonyl (C=O) groups excluding carboxylic acids is 1. The summed E-state index contributed by atoms with van der Waals surface area (Å²) >= 11 is 1.30. The molecule has 0 saturated carbocycles. The topological polar surface area (TPSA) is 114 Å². The Bertz CT molecular complexity index is 1200. The molecule has 0 aliphatic carbocycles. The normalized spacial score (nSPS) is 16.1. The Morgan fingerprint density at radius 1 is 1.22 bits per heavy atom. The summed E-state index contributed by atoms with van der Waals surface area (Å²) in [5.41, 5.74) is 2.15. The molecule has 1 amide bonds. The molecule has 32 heavy (non-hydrogen) atoms. The van der Waals surface area contributed by atoms with Gasteiger partial charge in [-0.3, -0.25) is 4.79 Å². The molecule has 1 aromatic heterocycles. The fourth-order valence-electron chi connectivity index (χ4n) is 3.26. The number of benzene rings is 2. The van der Waals surface area contributed by atoms with Crippen molar-refractivity contribution < 1.29 is 22.7 Å². The fourth-order valence-corrected chi connectivity index (χ4v) is 5.49. The highest BCUT2D eigenvalue weighted by Gasteiger charge is 2.26. The first-order valence-corrected chi connectivity index (χ1v) is 12.4. The molecule has 1 aliphatic heterocycles. The molecule has 0 spiro atoms. The predicted molar refractivity (Wildman–Crippen MR) is 123 cm³/mol. The van der Waals surface area contributed by atoms with E-state index in [1.54, 1.807) is 26.2 Å². The van der Waals surface area contributed by atoms with E-state index in [0.29, 0.717) is 37.1 Å². The summed E-state index contributed by atoms with van der Waals surface area (Å²) in [6, 6.07) is 11.7. The second-order valence-electron chi connectivity index (χ2n) is 7.22.